The van der Waals surface area contributed by atoms with Crippen LogP contribution in [0.3, 0.4) is 0 Å². The highest BCUT2D eigenvalue weighted by Crippen LogP contribution is 2.39. The van der Waals surface area contributed by atoms with E-state index < -0.39 is 0 Å². The second-order valence-corrected chi connectivity index (χ2v) is 6.82. The highest BCUT2D eigenvalue weighted by Gasteiger charge is 2.39. The van der Waals surface area contributed by atoms with E-state index in [0.717, 1.165) is 6.61 Å². The van der Waals surface area contributed by atoms with Gasteiger partial charge in [0.05, 0.1) is 11.7 Å². The summed E-state index contributed by atoms with van der Waals surface area (Å²) in [5.41, 5.74) is 0.230. The van der Waals surface area contributed by atoms with Crippen LogP contribution in [0.5, 0.6) is 0 Å². The minimum absolute atomic E-state index is 0.230. The topological polar surface area (TPSA) is 30.5 Å². The van der Waals surface area contributed by atoms with E-state index in [1.54, 1.807) is 0 Å². The Morgan fingerprint density at radius 2 is 1.89 bits per heavy atom. The zero-order valence-electron chi connectivity index (χ0n) is 12.3. The molecule has 19 heavy (non-hydrogen) atoms. The summed E-state index contributed by atoms with van der Waals surface area (Å²) in [6, 6.07) is 1.35. The van der Waals surface area contributed by atoms with Gasteiger partial charge < -0.3 is 14.8 Å². The van der Waals surface area contributed by atoms with Crippen LogP contribution in [0.25, 0.3) is 0 Å². The van der Waals surface area contributed by atoms with Crippen LogP contribution in [0, 0.1) is 0 Å². The molecule has 3 fully saturated rings. The Hall–Kier alpha value is -0.120. The molecule has 3 heteroatoms. The Morgan fingerprint density at radius 1 is 1.05 bits per heavy atom. The van der Waals surface area contributed by atoms with Crippen LogP contribution in [-0.4, -0.2) is 37.5 Å². The first-order chi connectivity index (χ1) is 9.30. The van der Waals surface area contributed by atoms with Gasteiger partial charge >= 0.3 is 0 Å². The molecular formula is C16H29NO2. The number of nitrogens with one attached hydrogen (secondary N) is 1. The Balaban J connectivity index is 1.51. The van der Waals surface area contributed by atoms with Crippen LogP contribution in [0.15, 0.2) is 0 Å². The fraction of sp³-hybridized carbons (Fsp3) is 1.00. The minimum Gasteiger partial charge on any atom is -0.381 e. The summed E-state index contributed by atoms with van der Waals surface area (Å²) >= 11 is 0. The standard InChI is InChI=1S/C16H29NO2/c1-18-15-6-5-13(11-15)17-14-7-10-19-16(12-14)8-3-2-4-9-16/h13-15,17H,2-12H2,1H3. The first kappa shape index (κ1) is 13.8. The lowest BCUT2D eigenvalue weighted by atomic mass is 9.78. The fourth-order valence-electron chi connectivity index (χ4n) is 4.35. The monoisotopic (exact) mass is 267 g/mol. The van der Waals surface area contributed by atoms with E-state index in [1.807, 2.05) is 7.11 Å². The summed E-state index contributed by atoms with van der Waals surface area (Å²) in [4.78, 5) is 0. The SMILES string of the molecule is COC1CCC(NC2CCOC3(CCCCC3)C2)C1. The van der Waals surface area contributed by atoms with Crippen molar-refractivity contribution in [1.82, 2.24) is 5.32 Å². The molecule has 1 saturated heterocycles. The molecular weight excluding hydrogens is 238 g/mol. The quantitative estimate of drug-likeness (QED) is 0.852. The summed E-state index contributed by atoms with van der Waals surface area (Å²) in [5, 5.41) is 3.89. The van der Waals surface area contributed by atoms with E-state index >= 15 is 0 Å². The van der Waals surface area contributed by atoms with E-state index in [2.05, 4.69) is 5.32 Å². The molecule has 0 amide bonds. The number of rotatable bonds is 3. The fourth-order valence-corrected chi connectivity index (χ4v) is 4.35. The molecule has 3 unspecified atom stereocenters. The summed E-state index contributed by atoms with van der Waals surface area (Å²) in [6.45, 7) is 0.956. The van der Waals surface area contributed by atoms with Crippen molar-refractivity contribution in [2.24, 2.45) is 0 Å². The second-order valence-electron chi connectivity index (χ2n) is 6.82. The van der Waals surface area contributed by atoms with Crippen molar-refractivity contribution in [3.05, 3.63) is 0 Å². The van der Waals surface area contributed by atoms with Gasteiger partial charge in [0, 0.05) is 25.8 Å². The number of hydrogen-bond acceptors (Lipinski definition) is 3. The predicted octanol–water partition coefficient (Wildman–Crippen LogP) is 3.03. The van der Waals surface area contributed by atoms with Gasteiger partial charge in [0.1, 0.15) is 0 Å². The molecule has 0 aromatic carbocycles. The predicted molar refractivity (Wildman–Crippen MR) is 76.4 cm³/mol. The van der Waals surface area contributed by atoms with E-state index in [0.29, 0.717) is 18.2 Å². The zero-order valence-corrected chi connectivity index (χ0v) is 12.3. The molecule has 2 saturated carbocycles. The lowest BCUT2D eigenvalue weighted by Crippen LogP contribution is -2.50. The largest absolute Gasteiger partial charge is 0.381 e. The molecule has 0 radical (unpaired) electrons. The summed E-state index contributed by atoms with van der Waals surface area (Å²) < 4.78 is 11.7. The number of ether oxygens (including phenoxy) is 2. The molecule has 0 aromatic heterocycles. The molecule has 1 N–H and O–H groups in total. The average molecular weight is 267 g/mol. The number of hydrogen-bond donors (Lipinski definition) is 1. The molecule has 1 heterocycles. The van der Waals surface area contributed by atoms with Crippen LogP contribution < -0.4 is 5.32 Å². The zero-order chi connectivity index (χ0) is 13.1. The van der Waals surface area contributed by atoms with Crippen molar-refractivity contribution in [3.63, 3.8) is 0 Å². The second kappa shape index (κ2) is 6.11. The smallest absolute Gasteiger partial charge is 0.0697 e. The van der Waals surface area contributed by atoms with Crippen LogP contribution in [0.4, 0.5) is 0 Å². The van der Waals surface area contributed by atoms with Gasteiger partial charge in [-0.15, -0.1) is 0 Å². The molecule has 1 spiro atoms. The molecule has 3 aliphatic rings. The average Bonchev–Trinajstić information content (AvgIpc) is 2.87. The Morgan fingerprint density at radius 3 is 2.63 bits per heavy atom. The van der Waals surface area contributed by atoms with Crippen molar-refractivity contribution in [1.29, 1.82) is 0 Å². The Kier molecular flexibility index (Phi) is 4.45. The maximum absolute atomic E-state index is 6.18. The van der Waals surface area contributed by atoms with E-state index in [-0.39, 0.29) is 5.60 Å². The van der Waals surface area contributed by atoms with Gasteiger partial charge in [0.2, 0.25) is 0 Å². The van der Waals surface area contributed by atoms with Crippen molar-refractivity contribution < 1.29 is 9.47 Å². The van der Waals surface area contributed by atoms with Crippen molar-refractivity contribution >= 4 is 0 Å². The lowest BCUT2D eigenvalue weighted by molar-refractivity contribution is -0.110. The first-order valence-corrected chi connectivity index (χ1v) is 8.22. The summed E-state index contributed by atoms with van der Waals surface area (Å²) in [7, 11) is 1.85. The normalized spacial score (nSPS) is 38.7. The van der Waals surface area contributed by atoms with Gasteiger partial charge in [-0.05, 0) is 44.9 Å². The molecule has 3 nitrogen and oxygen atoms in total. The third kappa shape index (κ3) is 3.32. The van der Waals surface area contributed by atoms with Crippen molar-refractivity contribution in [3.8, 4) is 0 Å². The minimum atomic E-state index is 0.230. The lowest BCUT2D eigenvalue weighted by Gasteiger charge is -2.44. The van der Waals surface area contributed by atoms with E-state index in [1.165, 1.54) is 64.2 Å². The summed E-state index contributed by atoms with van der Waals surface area (Å²) in [6.07, 6.45) is 13.3. The van der Waals surface area contributed by atoms with Crippen molar-refractivity contribution in [2.75, 3.05) is 13.7 Å². The van der Waals surface area contributed by atoms with Crippen LogP contribution in [0.2, 0.25) is 0 Å². The molecule has 3 rings (SSSR count). The van der Waals surface area contributed by atoms with Crippen LogP contribution in [0.1, 0.15) is 64.2 Å². The molecule has 110 valence electrons. The molecule has 1 aliphatic heterocycles. The number of methoxy groups -OCH3 is 1. The molecule has 3 atom stereocenters. The third-order valence-corrected chi connectivity index (χ3v) is 5.45. The van der Waals surface area contributed by atoms with Crippen LogP contribution in [-0.2, 0) is 9.47 Å². The van der Waals surface area contributed by atoms with Crippen molar-refractivity contribution in [2.45, 2.75) is 88.0 Å². The third-order valence-electron chi connectivity index (χ3n) is 5.45. The van der Waals surface area contributed by atoms with E-state index in [9.17, 15) is 0 Å². The summed E-state index contributed by atoms with van der Waals surface area (Å²) in [5.74, 6) is 0. The maximum atomic E-state index is 6.18. The Bertz CT molecular complexity index is 283. The van der Waals surface area contributed by atoms with Crippen LogP contribution >= 0.6 is 0 Å². The Labute approximate surface area is 117 Å². The van der Waals surface area contributed by atoms with E-state index in [4.69, 9.17) is 9.47 Å². The van der Waals surface area contributed by atoms with Gasteiger partial charge in [-0.1, -0.05) is 19.3 Å². The molecule has 2 aliphatic carbocycles. The molecule has 0 aromatic rings. The first-order valence-electron chi connectivity index (χ1n) is 8.22. The van der Waals surface area contributed by atoms with Gasteiger partial charge in [0.25, 0.3) is 0 Å². The highest BCUT2D eigenvalue weighted by molar-refractivity contribution is 4.94. The van der Waals surface area contributed by atoms with Gasteiger partial charge in [-0.3, -0.25) is 0 Å². The van der Waals surface area contributed by atoms with Gasteiger partial charge in [-0.2, -0.15) is 0 Å². The maximum Gasteiger partial charge on any atom is 0.0697 e. The molecule has 0 bridgehead atoms. The van der Waals surface area contributed by atoms with Gasteiger partial charge in [0.15, 0.2) is 0 Å². The van der Waals surface area contributed by atoms with Gasteiger partial charge in [-0.25, -0.2) is 0 Å². The highest BCUT2D eigenvalue weighted by atomic mass is 16.5.